The van der Waals surface area contributed by atoms with E-state index in [9.17, 15) is 5.11 Å². The SMILES string of the molecule is C#CCOc1ccccc1OCC(O)CNC1CCc2ccccc2C1.Cl. The zero-order chi connectivity index (χ0) is 18.2. The van der Waals surface area contributed by atoms with E-state index in [0.29, 0.717) is 24.1 Å². The molecule has 0 bridgehead atoms. The zero-order valence-electron chi connectivity index (χ0n) is 15.3. The number of nitrogens with one attached hydrogen (secondary N) is 1. The number of aliphatic hydroxyl groups excluding tert-OH is 1. The molecule has 2 unspecified atom stereocenters. The lowest BCUT2D eigenvalue weighted by Crippen LogP contribution is -2.40. The van der Waals surface area contributed by atoms with Crippen LogP contribution in [0.4, 0.5) is 0 Å². The molecule has 144 valence electrons. The highest BCUT2D eigenvalue weighted by molar-refractivity contribution is 5.85. The van der Waals surface area contributed by atoms with Gasteiger partial charge in [0.25, 0.3) is 0 Å². The molecule has 1 aliphatic rings. The van der Waals surface area contributed by atoms with E-state index in [2.05, 4.69) is 35.5 Å². The van der Waals surface area contributed by atoms with Crippen LogP contribution in [0.15, 0.2) is 48.5 Å². The van der Waals surface area contributed by atoms with E-state index in [-0.39, 0.29) is 25.6 Å². The Morgan fingerprint density at radius 1 is 1.07 bits per heavy atom. The molecule has 2 N–H and O–H groups in total. The quantitative estimate of drug-likeness (QED) is 0.684. The predicted octanol–water partition coefficient (Wildman–Crippen LogP) is 3.01. The van der Waals surface area contributed by atoms with Crippen molar-refractivity contribution in [3.05, 3.63) is 59.7 Å². The second kappa shape index (κ2) is 10.8. The monoisotopic (exact) mass is 387 g/mol. The largest absolute Gasteiger partial charge is 0.487 e. The summed E-state index contributed by atoms with van der Waals surface area (Å²) >= 11 is 0. The summed E-state index contributed by atoms with van der Waals surface area (Å²) in [4.78, 5) is 0. The maximum absolute atomic E-state index is 10.2. The van der Waals surface area contributed by atoms with Gasteiger partial charge in [0.15, 0.2) is 11.5 Å². The number of rotatable bonds is 8. The van der Waals surface area contributed by atoms with E-state index in [1.807, 2.05) is 18.2 Å². The van der Waals surface area contributed by atoms with Crippen molar-refractivity contribution in [1.82, 2.24) is 5.32 Å². The summed E-state index contributed by atoms with van der Waals surface area (Å²) in [6.45, 7) is 0.889. The van der Waals surface area contributed by atoms with E-state index in [1.54, 1.807) is 6.07 Å². The van der Waals surface area contributed by atoms with E-state index in [1.165, 1.54) is 11.1 Å². The summed E-state index contributed by atoms with van der Waals surface area (Å²) in [6, 6.07) is 16.3. The van der Waals surface area contributed by atoms with Gasteiger partial charge in [-0.2, -0.15) is 0 Å². The van der Waals surface area contributed by atoms with Crippen molar-refractivity contribution in [2.45, 2.75) is 31.4 Å². The minimum atomic E-state index is -0.590. The van der Waals surface area contributed by atoms with Crippen molar-refractivity contribution in [2.24, 2.45) is 0 Å². The third-order valence-corrected chi connectivity index (χ3v) is 4.58. The lowest BCUT2D eigenvalue weighted by molar-refractivity contribution is 0.101. The summed E-state index contributed by atoms with van der Waals surface area (Å²) in [5.41, 5.74) is 2.85. The summed E-state index contributed by atoms with van der Waals surface area (Å²) in [6.07, 6.45) is 7.82. The van der Waals surface area contributed by atoms with Crippen LogP contribution in [0, 0.1) is 12.3 Å². The maximum atomic E-state index is 10.2. The van der Waals surface area contributed by atoms with E-state index < -0.39 is 6.10 Å². The molecule has 0 radical (unpaired) electrons. The third-order valence-electron chi connectivity index (χ3n) is 4.58. The highest BCUT2D eigenvalue weighted by Crippen LogP contribution is 2.26. The number of hydrogen-bond donors (Lipinski definition) is 2. The fourth-order valence-electron chi connectivity index (χ4n) is 3.23. The molecular formula is C22H26ClNO3. The van der Waals surface area contributed by atoms with Crippen LogP contribution in [0.3, 0.4) is 0 Å². The number of aliphatic hydroxyl groups is 1. The summed E-state index contributed by atoms with van der Waals surface area (Å²) in [5.74, 6) is 3.62. The van der Waals surface area contributed by atoms with Gasteiger partial charge in [-0.25, -0.2) is 0 Å². The van der Waals surface area contributed by atoms with Gasteiger partial charge in [-0.3, -0.25) is 0 Å². The van der Waals surface area contributed by atoms with Gasteiger partial charge in [-0.15, -0.1) is 18.8 Å². The Kier molecular flexibility index (Phi) is 8.47. The Morgan fingerprint density at radius 3 is 2.48 bits per heavy atom. The Labute approximate surface area is 167 Å². The minimum Gasteiger partial charge on any atom is -0.487 e. The summed E-state index contributed by atoms with van der Waals surface area (Å²) in [5, 5.41) is 13.7. The first-order valence-electron chi connectivity index (χ1n) is 9.02. The van der Waals surface area contributed by atoms with E-state index in [4.69, 9.17) is 15.9 Å². The number of aryl methyl sites for hydroxylation is 1. The van der Waals surface area contributed by atoms with Gasteiger partial charge < -0.3 is 19.9 Å². The molecule has 3 rings (SSSR count). The van der Waals surface area contributed by atoms with Gasteiger partial charge in [0.1, 0.15) is 19.3 Å². The average molecular weight is 388 g/mol. The molecule has 5 heteroatoms. The van der Waals surface area contributed by atoms with Crippen molar-refractivity contribution in [3.8, 4) is 23.8 Å². The van der Waals surface area contributed by atoms with Crippen LogP contribution in [0.1, 0.15) is 17.5 Å². The molecule has 0 saturated heterocycles. The number of terminal acetylenes is 1. The fourth-order valence-corrected chi connectivity index (χ4v) is 3.23. The number of fused-ring (bicyclic) bond motifs is 1. The van der Waals surface area contributed by atoms with Crippen LogP contribution < -0.4 is 14.8 Å². The first-order chi connectivity index (χ1) is 12.8. The third kappa shape index (κ3) is 6.18. The molecule has 0 spiro atoms. The first-order valence-corrected chi connectivity index (χ1v) is 9.02. The highest BCUT2D eigenvalue weighted by Gasteiger charge is 2.19. The zero-order valence-corrected chi connectivity index (χ0v) is 16.1. The molecule has 0 fully saturated rings. The number of benzene rings is 2. The van der Waals surface area contributed by atoms with Gasteiger partial charge in [-0.1, -0.05) is 42.3 Å². The maximum Gasteiger partial charge on any atom is 0.162 e. The molecule has 2 aromatic rings. The van der Waals surface area contributed by atoms with Crippen LogP contribution in [-0.2, 0) is 12.8 Å². The molecule has 4 nitrogen and oxygen atoms in total. The van der Waals surface area contributed by atoms with Crippen LogP contribution in [-0.4, -0.2) is 37.0 Å². The molecule has 0 aliphatic heterocycles. The molecule has 1 aliphatic carbocycles. The summed E-state index contributed by atoms with van der Waals surface area (Å²) in [7, 11) is 0. The van der Waals surface area contributed by atoms with Gasteiger partial charge in [-0.05, 0) is 42.5 Å². The molecule has 0 amide bonds. The van der Waals surface area contributed by atoms with E-state index >= 15 is 0 Å². The normalized spacial score (nSPS) is 16.4. The fraction of sp³-hybridized carbons (Fsp3) is 0.364. The number of ether oxygens (including phenoxy) is 2. The topological polar surface area (TPSA) is 50.7 Å². The Hall–Kier alpha value is -2.19. The second-order valence-electron chi connectivity index (χ2n) is 6.52. The lowest BCUT2D eigenvalue weighted by atomic mass is 9.88. The van der Waals surface area contributed by atoms with Crippen LogP contribution in [0.2, 0.25) is 0 Å². The second-order valence-corrected chi connectivity index (χ2v) is 6.52. The number of hydrogen-bond acceptors (Lipinski definition) is 4. The average Bonchev–Trinajstić information content (AvgIpc) is 2.69. The molecular weight excluding hydrogens is 362 g/mol. The molecule has 0 heterocycles. The van der Waals surface area contributed by atoms with Gasteiger partial charge >= 0.3 is 0 Å². The van der Waals surface area contributed by atoms with Crippen LogP contribution in [0.25, 0.3) is 0 Å². The minimum absolute atomic E-state index is 0. The van der Waals surface area contributed by atoms with Gasteiger partial charge in [0.2, 0.25) is 0 Å². The Bertz CT molecular complexity index is 759. The van der Waals surface area contributed by atoms with Gasteiger partial charge in [0.05, 0.1) is 0 Å². The van der Waals surface area contributed by atoms with Gasteiger partial charge in [0, 0.05) is 12.6 Å². The standard InChI is InChI=1S/C22H25NO3.ClH/c1-2-13-25-21-9-5-6-10-22(21)26-16-20(24)15-23-19-12-11-17-7-3-4-8-18(17)14-19;/h1,3-10,19-20,23-24H,11-16H2;1H. The van der Waals surface area contributed by atoms with Crippen molar-refractivity contribution in [1.29, 1.82) is 0 Å². The van der Waals surface area contributed by atoms with Crippen LogP contribution >= 0.6 is 12.4 Å². The van der Waals surface area contributed by atoms with E-state index in [0.717, 1.165) is 19.3 Å². The molecule has 2 aromatic carbocycles. The van der Waals surface area contributed by atoms with Crippen LogP contribution in [0.5, 0.6) is 11.5 Å². The Morgan fingerprint density at radius 2 is 1.74 bits per heavy atom. The smallest absolute Gasteiger partial charge is 0.162 e. The first kappa shape index (κ1) is 21.1. The van der Waals surface area contributed by atoms with Crippen molar-refractivity contribution < 1.29 is 14.6 Å². The van der Waals surface area contributed by atoms with Crippen molar-refractivity contribution in [2.75, 3.05) is 19.8 Å². The molecule has 0 saturated carbocycles. The number of halogens is 1. The molecule has 2 atom stereocenters. The highest BCUT2D eigenvalue weighted by atomic mass is 35.5. The van der Waals surface area contributed by atoms with Crippen molar-refractivity contribution >= 4 is 12.4 Å². The van der Waals surface area contributed by atoms with Crippen molar-refractivity contribution in [3.63, 3.8) is 0 Å². The summed E-state index contributed by atoms with van der Waals surface area (Å²) < 4.78 is 11.2. The lowest BCUT2D eigenvalue weighted by Gasteiger charge is -2.26. The Balaban J connectivity index is 0.00000261. The molecule has 27 heavy (non-hydrogen) atoms. The molecule has 0 aromatic heterocycles. The predicted molar refractivity (Wildman–Crippen MR) is 110 cm³/mol. The number of para-hydroxylation sites is 2.